The second-order valence-electron chi connectivity index (χ2n) is 13.8. The van der Waals surface area contributed by atoms with Crippen molar-refractivity contribution in [3.05, 3.63) is 106 Å². The van der Waals surface area contributed by atoms with Crippen LogP contribution >= 0.6 is 0 Å². The van der Waals surface area contributed by atoms with Gasteiger partial charge in [0.25, 0.3) is 15.9 Å². The Labute approximate surface area is 290 Å². The van der Waals surface area contributed by atoms with Gasteiger partial charge in [-0.25, -0.2) is 23.1 Å². The first kappa shape index (κ1) is 31.9. The van der Waals surface area contributed by atoms with Crippen LogP contribution in [0.4, 0.5) is 5.95 Å². The van der Waals surface area contributed by atoms with Crippen LogP contribution in [0.1, 0.15) is 65.5 Å². The highest BCUT2D eigenvalue weighted by Crippen LogP contribution is 2.48. The van der Waals surface area contributed by atoms with Crippen LogP contribution in [-0.2, 0) is 29.0 Å². The molecule has 0 saturated heterocycles. The summed E-state index contributed by atoms with van der Waals surface area (Å²) >= 11 is 0. The smallest absolute Gasteiger partial charge is 0.264 e. The van der Waals surface area contributed by atoms with Crippen LogP contribution in [0.5, 0.6) is 5.88 Å². The molecule has 4 heterocycles. The molecule has 3 aromatic heterocycles. The molecular weight excluding hydrogens is 651 g/mol. The molecular formula is C38H37N7O4S. The summed E-state index contributed by atoms with van der Waals surface area (Å²) in [6.07, 6.45) is 7.20. The third kappa shape index (κ3) is 5.84. The molecule has 4 bridgehead atoms. The lowest BCUT2D eigenvalue weighted by molar-refractivity contribution is 0.0583. The Morgan fingerprint density at radius 3 is 2.52 bits per heavy atom. The van der Waals surface area contributed by atoms with Gasteiger partial charge in [-0.3, -0.25) is 9.78 Å². The van der Waals surface area contributed by atoms with E-state index in [4.69, 9.17) is 14.7 Å². The molecule has 2 aliphatic carbocycles. The largest absolute Gasteiger partial charge is 0.475 e. The third-order valence-corrected chi connectivity index (χ3v) is 11.4. The lowest BCUT2D eigenvalue weighted by Crippen LogP contribution is -2.44. The van der Waals surface area contributed by atoms with Crippen molar-refractivity contribution >= 4 is 33.0 Å². The highest BCUT2D eigenvalue weighted by atomic mass is 32.2. The van der Waals surface area contributed by atoms with Crippen molar-refractivity contribution in [3.8, 4) is 17.1 Å². The van der Waals surface area contributed by atoms with E-state index in [9.17, 15) is 13.2 Å². The van der Waals surface area contributed by atoms with Gasteiger partial charge in [0.2, 0.25) is 11.8 Å². The Bertz CT molecular complexity index is 2370. The Hall–Kier alpha value is -5.32. The number of hydrogen-bond acceptors (Lipinski definition) is 8. The molecule has 1 saturated carbocycles. The minimum Gasteiger partial charge on any atom is -0.475 e. The number of rotatable bonds is 6. The fraction of sp³-hybridized carbons (Fsp3) is 0.316. The number of ether oxygens (including phenoxy) is 1. The average molecular weight is 688 g/mol. The zero-order chi connectivity index (χ0) is 34.8. The SMILES string of the molecule is Cc1cccc(C)c1-c1cc2nc(n1)NS(=O)(=O)c1cccc(c1)C(=O)N(Cc1cnc3cc(C4(C)CC4)n(C)c3n1)[C@H](CC1=C=CC1)CO2. The molecule has 3 aliphatic rings. The van der Waals surface area contributed by atoms with Crippen LogP contribution in [0.25, 0.3) is 22.4 Å². The summed E-state index contributed by atoms with van der Waals surface area (Å²) < 4.78 is 38.5. The topological polar surface area (TPSA) is 132 Å². The molecule has 1 fully saturated rings. The van der Waals surface area contributed by atoms with E-state index in [0.29, 0.717) is 17.8 Å². The van der Waals surface area contributed by atoms with Crippen molar-refractivity contribution in [1.29, 1.82) is 0 Å². The van der Waals surface area contributed by atoms with E-state index in [1.54, 1.807) is 29.3 Å². The van der Waals surface area contributed by atoms with E-state index in [-0.39, 0.29) is 46.8 Å². The summed E-state index contributed by atoms with van der Waals surface area (Å²) in [5, 5.41) is 0. The van der Waals surface area contributed by atoms with E-state index in [1.807, 2.05) is 45.2 Å². The van der Waals surface area contributed by atoms with Gasteiger partial charge in [-0.15, -0.1) is 5.73 Å². The first-order chi connectivity index (χ1) is 24.0. The number of aromatic nitrogens is 5. The second kappa shape index (κ2) is 11.9. The summed E-state index contributed by atoms with van der Waals surface area (Å²) in [7, 11) is -2.17. The van der Waals surface area contributed by atoms with Gasteiger partial charge in [0, 0.05) is 41.8 Å². The van der Waals surface area contributed by atoms with E-state index >= 15 is 0 Å². The highest BCUT2D eigenvalue weighted by molar-refractivity contribution is 7.92. The number of sulfonamides is 1. The van der Waals surface area contributed by atoms with Crippen LogP contribution in [0.3, 0.4) is 0 Å². The quantitative estimate of drug-likeness (QED) is 0.210. The molecule has 1 amide bonds. The maximum atomic E-state index is 14.5. The number of carbonyl (C=O) groups excluding carboxylic acids is 1. The molecule has 2 aromatic carbocycles. The molecule has 1 N–H and O–H groups in total. The monoisotopic (exact) mass is 687 g/mol. The van der Waals surface area contributed by atoms with Crippen molar-refractivity contribution < 1.29 is 17.9 Å². The maximum Gasteiger partial charge on any atom is 0.264 e. The molecule has 50 heavy (non-hydrogen) atoms. The molecule has 254 valence electrons. The maximum absolute atomic E-state index is 14.5. The molecule has 11 nitrogen and oxygen atoms in total. The molecule has 12 heteroatoms. The number of hydrogen-bond donors (Lipinski definition) is 1. The van der Waals surface area contributed by atoms with Crippen molar-refractivity contribution in [3.63, 3.8) is 0 Å². The predicted molar refractivity (Wildman–Crippen MR) is 189 cm³/mol. The summed E-state index contributed by atoms with van der Waals surface area (Å²) in [5.41, 5.74) is 11.4. The molecule has 5 aromatic rings. The number of nitrogens with one attached hydrogen (secondary N) is 1. The predicted octanol–water partition coefficient (Wildman–Crippen LogP) is 6.17. The number of carbonyl (C=O) groups is 1. The van der Waals surface area contributed by atoms with Crippen LogP contribution < -0.4 is 9.46 Å². The Balaban J connectivity index is 1.24. The van der Waals surface area contributed by atoms with Gasteiger partial charge in [0.15, 0.2) is 5.65 Å². The van der Waals surface area contributed by atoms with Gasteiger partial charge in [-0.1, -0.05) is 31.2 Å². The minimum absolute atomic E-state index is 0.0777. The summed E-state index contributed by atoms with van der Waals surface area (Å²) in [4.78, 5) is 35.0. The number of benzene rings is 2. The lowest BCUT2D eigenvalue weighted by atomic mass is 9.97. The van der Waals surface area contributed by atoms with Crippen LogP contribution in [0, 0.1) is 13.8 Å². The first-order valence-corrected chi connectivity index (χ1v) is 18.2. The van der Waals surface area contributed by atoms with Gasteiger partial charge < -0.3 is 14.2 Å². The van der Waals surface area contributed by atoms with Crippen LogP contribution in [-0.4, -0.2) is 56.4 Å². The molecule has 0 unspecified atom stereocenters. The van der Waals surface area contributed by atoms with Crippen molar-refractivity contribution in [2.75, 3.05) is 11.3 Å². The lowest BCUT2D eigenvalue weighted by Gasteiger charge is -2.32. The molecule has 1 aliphatic heterocycles. The van der Waals surface area contributed by atoms with E-state index in [1.165, 1.54) is 17.8 Å². The number of aryl methyl sites for hydroxylation is 3. The minimum atomic E-state index is -4.18. The van der Waals surface area contributed by atoms with E-state index in [0.717, 1.165) is 52.7 Å². The summed E-state index contributed by atoms with van der Waals surface area (Å²) in [6, 6.07) is 15.3. The van der Waals surface area contributed by atoms with Gasteiger partial charge in [0.05, 0.1) is 35.1 Å². The average Bonchev–Trinajstić information content (AvgIpc) is 3.73. The Kier molecular flexibility index (Phi) is 7.61. The Morgan fingerprint density at radius 2 is 1.80 bits per heavy atom. The second-order valence-corrected chi connectivity index (χ2v) is 15.5. The van der Waals surface area contributed by atoms with Gasteiger partial charge in [-0.2, -0.15) is 4.98 Å². The summed E-state index contributed by atoms with van der Waals surface area (Å²) in [6.45, 7) is 6.41. The van der Waals surface area contributed by atoms with Crippen LogP contribution in [0.2, 0.25) is 0 Å². The van der Waals surface area contributed by atoms with Gasteiger partial charge in [0.1, 0.15) is 12.1 Å². The molecule has 1 atom stereocenters. The van der Waals surface area contributed by atoms with Gasteiger partial charge in [-0.05, 0) is 80.2 Å². The molecule has 0 radical (unpaired) electrons. The van der Waals surface area contributed by atoms with Crippen LogP contribution in [0.15, 0.2) is 83.1 Å². The number of fused-ring (bicyclic) bond motifs is 5. The fourth-order valence-electron chi connectivity index (χ4n) is 6.90. The van der Waals surface area contributed by atoms with Crippen molar-refractivity contribution in [2.24, 2.45) is 7.05 Å². The first-order valence-electron chi connectivity index (χ1n) is 16.7. The molecule has 0 spiro atoms. The van der Waals surface area contributed by atoms with Crippen molar-refractivity contribution in [1.82, 2.24) is 29.4 Å². The number of anilines is 1. The highest BCUT2D eigenvalue weighted by Gasteiger charge is 2.42. The normalized spacial score (nSPS) is 19.0. The third-order valence-electron chi connectivity index (χ3n) is 10.1. The fourth-order valence-corrected chi connectivity index (χ4v) is 7.89. The van der Waals surface area contributed by atoms with E-state index < -0.39 is 16.1 Å². The summed E-state index contributed by atoms with van der Waals surface area (Å²) in [5.74, 6) is -0.296. The zero-order valence-corrected chi connectivity index (χ0v) is 29.2. The molecule has 8 rings (SSSR count). The van der Waals surface area contributed by atoms with E-state index in [2.05, 4.69) is 38.0 Å². The number of amides is 1. The number of nitrogens with zero attached hydrogens (tertiary/aromatic N) is 6. The van der Waals surface area contributed by atoms with Gasteiger partial charge >= 0.3 is 0 Å². The Morgan fingerprint density at radius 1 is 1.04 bits per heavy atom. The van der Waals surface area contributed by atoms with Crippen molar-refractivity contribution in [2.45, 2.75) is 69.4 Å². The zero-order valence-electron chi connectivity index (χ0n) is 28.4. The standard InChI is InChI=1S/C38H37N7O4S/c1-23-8-5-9-24(2)34(23)30-19-33-42-37(41-30)43-50(47,48)29-13-7-12-26(17-29)36(46)45(28(22-49-33)16-25-10-6-11-25)21-27-20-39-31-18-32(38(3)14-15-38)44(4)35(31)40-27/h5-9,12-13,17-20,28H,10,14-16,21-22H2,1-4H3,(H,41,42,43)/t28-/m1/s1.